The van der Waals surface area contributed by atoms with E-state index in [9.17, 15) is 0 Å². The third-order valence-corrected chi connectivity index (χ3v) is 7.42. The Kier molecular flexibility index (Phi) is 17.2. The molecule has 150 valence electrons. The Morgan fingerprint density at radius 1 is 0.800 bits per heavy atom. The molecule has 0 radical (unpaired) electrons. The summed E-state index contributed by atoms with van der Waals surface area (Å²) in [5.74, 6) is 0.669. The SMILES string of the molecule is C=C[Si](C)(OCCCCCCCCCCC)OCC(CC)CCCC. The van der Waals surface area contributed by atoms with Gasteiger partial charge in [0.05, 0.1) is 0 Å². The average Bonchev–Trinajstić information content (AvgIpc) is 2.63. The van der Waals surface area contributed by atoms with E-state index < -0.39 is 8.56 Å². The van der Waals surface area contributed by atoms with Crippen molar-refractivity contribution in [3.8, 4) is 0 Å². The Balaban J connectivity index is 3.75. The van der Waals surface area contributed by atoms with Crippen LogP contribution in [0, 0.1) is 5.92 Å². The van der Waals surface area contributed by atoms with Crippen molar-refractivity contribution < 1.29 is 8.85 Å². The first-order valence-corrected chi connectivity index (χ1v) is 13.4. The Hall–Kier alpha value is -0.123. The molecule has 0 aliphatic heterocycles. The van der Waals surface area contributed by atoms with Gasteiger partial charge < -0.3 is 8.85 Å². The summed E-state index contributed by atoms with van der Waals surface area (Å²) in [6, 6.07) is 0. The maximum absolute atomic E-state index is 6.21. The summed E-state index contributed by atoms with van der Waals surface area (Å²) in [7, 11) is -2.17. The van der Waals surface area contributed by atoms with E-state index in [1.807, 2.05) is 5.70 Å². The minimum atomic E-state index is -2.17. The van der Waals surface area contributed by atoms with E-state index in [1.165, 1.54) is 77.0 Å². The fourth-order valence-corrected chi connectivity index (χ4v) is 4.46. The molecule has 2 atom stereocenters. The van der Waals surface area contributed by atoms with E-state index in [2.05, 4.69) is 33.9 Å². The van der Waals surface area contributed by atoms with Crippen molar-refractivity contribution >= 4 is 8.56 Å². The molecule has 0 aromatic carbocycles. The van der Waals surface area contributed by atoms with Crippen molar-refractivity contribution in [2.45, 2.75) is 111 Å². The largest absolute Gasteiger partial charge is 0.391 e. The van der Waals surface area contributed by atoms with Gasteiger partial charge in [0.25, 0.3) is 0 Å². The van der Waals surface area contributed by atoms with Gasteiger partial charge in [-0.3, -0.25) is 0 Å². The normalized spacial score (nSPS) is 15.0. The minimum Gasteiger partial charge on any atom is -0.391 e. The number of unbranched alkanes of at least 4 members (excludes halogenated alkanes) is 9. The van der Waals surface area contributed by atoms with Crippen LogP contribution in [0.1, 0.15) is 104 Å². The molecule has 0 rings (SSSR count). The van der Waals surface area contributed by atoms with Crippen LogP contribution in [0.4, 0.5) is 0 Å². The molecule has 0 aromatic rings. The molecule has 0 heterocycles. The summed E-state index contributed by atoms with van der Waals surface area (Å²) in [5, 5.41) is 0. The Morgan fingerprint density at radius 2 is 1.36 bits per heavy atom. The molecule has 2 unspecified atom stereocenters. The number of hydrogen-bond donors (Lipinski definition) is 0. The van der Waals surface area contributed by atoms with Crippen molar-refractivity contribution in [3.63, 3.8) is 0 Å². The van der Waals surface area contributed by atoms with Crippen molar-refractivity contribution in [2.24, 2.45) is 5.92 Å². The van der Waals surface area contributed by atoms with E-state index >= 15 is 0 Å². The van der Waals surface area contributed by atoms with Crippen LogP contribution in [0.2, 0.25) is 6.55 Å². The van der Waals surface area contributed by atoms with E-state index in [0.717, 1.165) is 19.6 Å². The highest BCUT2D eigenvalue weighted by Crippen LogP contribution is 2.18. The lowest BCUT2D eigenvalue weighted by atomic mass is 10.0. The topological polar surface area (TPSA) is 18.5 Å². The highest BCUT2D eigenvalue weighted by Gasteiger charge is 2.28. The molecule has 0 amide bonds. The van der Waals surface area contributed by atoms with Crippen LogP contribution in [-0.2, 0) is 8.85 Å². The standard InChI is InChI=1S/C22H46O2Si/c1-6-10-12-13-14-15-16-17-18-20-23-25(5,9-4)24-21-22(8-3)19-11-7-2/h9,22H,4,6-8,10-21H2,1-3,5H3. The maximum Gasteiger partial charge on any atom is 0.361 e. The van der Waals surface area contributed by atoms with Crippen LogP contribution >= 0.6 is 0 Å². The summed E-state index contributed by atoms with van der Waals surface area (Å²) in [6.45, 7) is 14.6. The number of rotatable bonds is 19. The van der Waals surface area contributed by atoms with Gasteiger partial charge in [-0.25, -0.2) is 0 Å². The molecule has 0 aliphatic carbocycles. The van der Waals surface area contributed by atoms with E-state index in [-0.39, 0.29) is 0 Å². The van der Waals surface area contributed by atoms with Crippen molar-refractivity contribution in [1.29, 1.82) is 0 Å². The van der Waals surface area contributed by atoms with Gasteiger partial charge >= 0.3 is 8.56 Å². The lowest BCUT2D eigenvalue weighted by Crippen LogP contribution is -2.38. The van der Waals surface area contributed by atoms with E-state index in [0.29, 0.717) is 5.92 Å². The van der Waals surface area contributed by atoms with Gasteiger partial charge in [0.2, 0.25) is 0 Å². The second-order valence-corrected chi connectivity index (χ2v) is 10.6. The molecule has 0 saturated carbocycles. The van der Waals surface area contributed by atoms with Crippen LogP contribution in [-0.4, -0.2) is 21.8 Å². The molecule has 25 heavy (non-hydrogen) atoms. The van der Waals surface area contributed by atoms with Gasteiger partial charge in [-0.1, -0.05) is 91.4 Å². The molecule has 0 aromatic heterocycles. The fourth-order valence-electron chi connectivity index (χ4n) is 3.03. The van der Waals surface area contributed by atoms with Crippen LogP contribution in [0.5, 0.6) is 0 Å². The summed E-state index contributed by atoms with van der Waals surface area (Å²) < 4.78 is 12.3. The molecular weight excluding hydrogens is 324 g/mol. The summed E-state index contributed by atoms with van der Waals surface area (Å²) >= 11 is 0. The predicted octanol–water partition coefficient (Wildman–Crippen LogP) is 7.56. The molecule has 0 saturated heterocycles. The summed E-state index contributed by atoms with van der Waals surface area (Å²) in [4.78, 5) is 0. The van der Waals surface area contributed by atoms with Gasteiger partial charge in [-0.15, -0.1) is 6.58 Å². The van der Waals surface area contributed by atoms with Gasteiger partial charge in [0, 0.05) is 13.2 Å². The third kappa shape index (κ3) is 14.7. The van der Waals surface area contributed by atoms with E-state index in [4.69, 9.17) is 8.85 Å². The van der Waals surface area contributed by atoms with Gasteiger partial charge in [0.15, 0.2) is 0 Å². The Bertz CT molecular complexity index is 296. The van der Waals surface area contributed by atoms with Gasteiger partial charge in [-0.05, 0) is 31.0 Å². The number of hydrogen-bond acceptors (Lipinski definition) is 2. The van der Waals surface area contributed by atoms with Crippen molar-refractivity contribution in [2.75, 3.05) is 13.2 Å². The molecule has 2 nitrogen and oxygen atoms in total. The van der Waals surface area contributed by atoms with Crippen molar-refractivity contribution in [1.82, 2.24) is 0 Å². The second-order valence-electron chi connectivity index (χ2n) is 7.62. The molecule has 0 aliphatic rings. The van der Waals surface area contributed by atoms with Gasteiger partial charge in [0.1, 0.15) is 0 Å². The minimum absolute atomic E-state index is 0.669. The summed E-state index contributed by atoms with van der Waals surface area (Å²) in [6.07, 6.45) is 17.2. The first kappa shape index (κ1) is 24.9. The molecule has 0 spiro atoms. The van der Waals surface area contributed by atoms with Crippen LogP contribution in [0.3, 0.4) is 0 Å². The zero-order valence-corrected chi connectivity index (χ0v) is 18.8. The van der Waals surface area contributed by atoms with Crippen LogP contribution in [0.15, 0.2) is 12.3 Å². The molecule has 0 fully saturated rings. The first-order valence-electron chi connectivity index (χ1n) is 11.0. The zero-order valence-electron chi connectivity index (χ0n) is 17.8. The third-order valence-electron chi connectivity index (χ3n) is 5.16. The fraction of sp³-hybridized carbons (Fsp3) is 0.909. The van der Waals surface area contributed by atoms with Crippen LogP contribution in [0.25, 0.3) is 0 Å². The lowest BCUT2D eigenvalue weighted by molar-refractivity contribution is 0.150. The molecule has 0 bridgehead atoms. The second kappa shape index (κ2) is 17.3. The Morgan fingerprint density at radius 3 is 1.88 bits per heavy atom. The smallest absolute Gasteiger partial charge is 0.361 e. The lowest BCUT2D eigenvalue weighted by Gasteiger charge is -2.26. The highest BCUT2D eigenvalue weighted by molar-refractivity contribution is 6.71. The first-order chi connectivity index (χ1) is 12.1. The zero-order chi connectivity index (χ0) is 18.8. The molecular formula is C22H46O2Si. The van der Waals surface area contributed by atoms with E-state index in [1.54, 1.807) is 0 Å². The van der Waals surface area contributed by atoms with Crippen LogP contribution < -0.4 is 0 Å². The van der Waals surface area contributed by atoms with Crippen molar-refractivity contribution in [3.05, 3.63) is 12.3 Å². The average molecular weight is 371 g/mol. The Labute approximate surface area is 160 Å². The summed E-state index contributed by atoms with van der Waals surface area (Å²) in [5.41, 5.74) is 1.95. The molecule has 0 N–H and O–H groups in total. The predicted molar refractivity (Wildman–Crippen MR) is 114 cm³/mol. The highest BCUT2D eigenvalue weighted by atomic mass is 28.4. The quantitative estimate of drug-likeness (QED) is 0.172. The maximum atomic E-state index is 6.21. The monoisotopic (exact) mass is 370 g/mol. The van der Waals surface area contributed by atoms with Gasteiger partial charge in [-0.2, -0.15) is 0 Å². The molecule has 3 heteroatoms.